The normalized spacial score (nSPS) is 9.88. The minimum atomic E-state index is -0.669. The van der Waals surface area contributed by atoms with Gasteiger partial charge >= 0.3 is 0 Å². The lowest BCUT2D eigenvalue weighted by atomic mass is 10.1. The number of nitrogens with one attached hydrogen (secondary N) is 1. The summed E-state index contributed by atoms with van der Waals surface area (Å²) in [5.41, 5.74) is 5.14. The fraction of sp³-hybridized carbons (Fsp3) is 0.364. The van der Waals surface area contributed by atoms with Crippen molar-refractivity contribution in [2.75, 3.05) is 27.3 Å². The van der Waals surface area contributed by atoms with Crippen LogP contribution in [0, 0.1) is 5.82 Å². The van der Waals surface area contributed by atoms with E-state index in [1.54, 1.807) is 0 Å². The van der Waals surface area contributed by atoms with Crippen molar-refractivity contribution in [3.8, 4) is 11.5 Å². The summed E-state index contributed by atoms with van der Waals surface area (Å²) in [6, 6.07) is 2.40. The van der Waals surface area contributed by atoms with E-state index in [-0.39, 0.29) is 17.9 Å². The average Bonchev–Trinajstić information content (AvgIpc) is 2.35. The first kappa shape index (κ1) is 13.2. The third-order valence-corrected chi connectivity index (χ3v) is 2.15. The third kappa shape index (κ3) is 3.07. The van der Waals surface area contributed by atoms with Crippen LogP contribution in [0.1, 0.15) is 10.4 Å². The van der Waals surface area contributed by atoms with Gasteiger partial charge in [-0.1, -0.05) is 0 Å². The molecule has 1 rings (SSSR count). The van der Waals surface area contributed by atoms with E-state index in [1.807, 2.05) is 0 Å². The van der Waals surface area contributed by atoms with Crippen molar-refractivity contribution in [3.05, 3.63) is 23.5 Å². The van der Waals surface area contributed by atoms with Crippen molar-refractivity contribution in [2.45, 2.75) is 0 Å². The number of hydrogen-bond acceptors (Lipinski definition) is 4. The van der Waals surface area contributed by atoms with Gasteiger partial charge in [-0.2, -0.15) is 0 Å². The van der Waals surface area contributed by atoms with Crippen molar-refractivity contribution in [1.29, 1.82) is 0 Å². The zero-order valence-corrected chi connectivity index (χ0v) is 9.75. The van der Waals surface area contributed by atoms with Crippen molar-refractivity contribution in [2.24, 2.45) is 5.73 Å². The molecular weight excluding hydrogens is 227 g/mol. The number of amides is 1. The van der Waals surface area contributed by atoms with Crippen molar-refractivity contribution >= 4 is 5.91 Å². The maximum absolute atomic E-state index is 13.6. The van der Waals surface area contributed by atoms with Crippen LogP contribution >= 0.6 is 0 Å². The molecule has 0 aliphatic heterocycles. The Balaban J connectivity index is 3.03. The molecule has 0 radical (unpaired) electrons. The zero-order chi connectivity index (χ0) is 12.8. The van der Waals surface area contributed by atoms with Gasteiger partial charge in [-0.15, -0.1) is 0 Å². The highest BCUT2D eigenvalue weighted by molar-refractivity contribution is 5.95. The molecule has 0 unspecified atom stereocenters. The molecule has 94 valence electrons. The first-order valence-corrected chi connectivity index (χ1v) is 5.03. The summed E-state index contributed by atoms with van der Waals surface area (Å²) < 4.78 is 23.5. The van der Waals surface area contributed by atoms with Gasteiger partial charge in [0.15, 0.2) is 11.5 Å². The Bertz CT molecular complexity index is 410. The summed E-state index contributed by atoms with van der Waals surface area (Å²) in [6.07, 6.45) is 0. The zero-order valence-electron chi connectivity index (χ0n) is 9.75. The summed E-state index contributed by atoms with van der Waals surface area (Å²) in [4.78, 5) is 11.6. The summed E-state index contributed by atoms with van der Waals surface area (Å²) >= 11 is 0. The number of halogens is 1. The van der Waals surface area contributed by atoms with Crippen molar-refractivity contribution < 1.29 is 18.7 Å². The van der Waals surface area contributed by atoms with E-state index < -0.39 is 11.7 Å². The van der Waals surface area contributed by atoms with Crippen LogP contribution in [-0.2, 0) is 0 Å². The summed E-state index contributed by atoms with van der Waals surface area (Å²) in [5.74, 6) is -0.668. The van der Waals surface area contributed by atoms with E-state index in [4.69, 9.17) is 15.2 Å². The largest absolute Gasteiger partial charge is 0.493 e. The van der Waals surface area contributed by atoms with Gasteiger partial charge in [0.05, 0.1) is 19.8 Å². The van der Waals surface area contributed by atoms with E-state index in [0.29, 0.717) is 12.3 Å². The smallest absolute Gasteiger partial charge is 0.254 e. The first-order valence-electron chi connectivity index (χ1n) is 5.03. The number of hydrogen-bond donors (Lipinski definition) is 2. The van der Waals surface area contributed by atoms with Crippen LogP contribution in [0.15, 0.2) is 12.1 Å². The SMILES string of the molecule is COc1cc(F)c(C(=O)NCCN)cc1OC. The molecule has 5 nitrogen and oxygen atoms in total. The maximum Gasteiger partial charge on any atom is 0.254 e. The summed E-state index contributed by atoms with van der Waals surface area (Å²) in [6.45, 7) is 0.577. The maximum atomic E-state index is 13.6. The molecule has 0 spiro atoms. The van der Waals surface area contributed by atoms with Crippen LogP contribution in [0.3, 0.4) is 0 Å². The van der Waals surface area contributed by atoms with Crippen LogP contribution in [0.5, 0.6) is 11.5 Å². The fourth-order valence-corrected chi connectivity index (χ4v) is 1.31. The number of benzene rings is 1. The number of nitrogens with two attached hydrogens (primary N) is 1. The van der Waals surface area contributed by atoms with Gasteiger partial charge < -0.3 is 20.5 Å². The Hall–Kier alpha value is -1.82. The molecule has 1 aromatic carbocycles. The first-order chi connectivity index (χ1) is 8.13. The van der Waals surface area contributed by atoms with E-state index >= 15 is 0 Å². The van der Waals surface area contributed by atoms with Gasteiger partial charge in [0.2, 0.25) is 0 Å². The van der Waals surface area contributed by atoms with Crippen LogP contribution in [0.25, 0.3) is 0 Å². The average molecular weight is 242 g/mol. The van der Waals surface area contributed by atoms with Gasteiger partial charge in [-0.3, -0.25) is 4.79 Å². The molecule has 0 fully saturated rings. The number of carbonyl (C=O) groups excluding carboxylic acids is 1. The van der Waals surface area contributed by atoms with Gasteiger partial charge in [-0.05, 0) is 6.07 Å². The lowest BCUT2D eigenvalue weighted by molar-refractivity contribution is 0.0950. The lowest BCUT2D eigenvalue weighted by Crippen LogP contribution is -2.29. The van der Waals surface area contributed by atoms with Gasteiger partial charge in [-0.25, -0.2) is 4.39 Å². The van der Waals surface area contributed by atoms with E-state index in [1.165, 1.54) is 20.3 Å². The molecule has 0 bridgehead atoms. The second kappa shape index (κ2) is 6.05. The fourth-order valence-electron chi connectivity index (χ4n) is 1.31. The molecule has 1 aromatic rings. The second-order valence-electron chi connectivity index (χ2n) is 3.23. The van der Waals surface area contributed by atoms with Gasteiger partial charge in [0.25, 0.3) is 5.91 Å². The highest BCUT2D eigenvalue weighted by atomic mass is 19.1. The Morgan fingerprint density at radius 3 is 2.47 bits per heavy atom. The molecule has 3 N–H and O–H groups in total. The van der Waals surface area contributed by atoms with Crippen LogP contribution < -0.4 is 20.5 Å². The molecule has 17 heavy (non-hydrogen) atoms. The molecule has 0 saturated carbocycles. The van der Waals surface area contributed by atoms with Crippen molar-refractivity contribution in [3.63, 3.8) is 0 Å². The Morgan fingerprint density at radius 1 is 1.35 bits per heavy atom. The second-order valence-corrected chi connectivity index (χ2v) is 3.23. The third-order valence-electron chi connectivity index (χ3n) is 2.15. The van der Waals surface area contributed by atoms with E-state index in [0.717, 1.165) is 6.07 Å². The number of rotatable bonds is 5. The standard InChI is InChI=1S/C11H15FN2O3/c1-16-9-5-7(11(15)14-4-3-13)8(12)6-10(9)17-2/h5-6H,3-4,13H2,1-2H3,(H,14,15). The summed E-state index contributed by atoms with van der Waals surface area (Å²) in [7, 11) is 2.81. The quantitative estimate of drug-likeness (QED) is 0.790. The Morgan fingerprint density at radius 2 is 1.94 bits per heavy atom. The molecule has 0 atom stereocenters. The molecular formula is C11H15FN2O3. The minimum Gasteiger partial charge on any atom is -0.493 e. The van der Waals surface area contributed by atoms with Crippen LogP contribution in [0.4, 0.5) is 4.39 Å². The Kier molecular flexibility index (Phi) is 4.71. The van der Waals surface area contributed by atoms with Gasteiger partial charge in [0.1, 0.15) is 5.82 Å². The minimum absolute atomic E-state index is 0.101. The monoisotopic (exact) mass is 242 g/mol. The number of methoxy groups -OCH3 is 2. The number of carbonyl (C=O) groups is 1. The van der Waals surface area contributed by atoms with Crippen molar-refractivity contribution in [1.82, 2.24) is 5.32 Å². The molecule has 0 aromatic heterocycles. The topological polar surface area (TPSA) is 73.6 Å². The predicted octanol–water partition coefficient (Wildman–Crippen LogP) is 0.531. The highest BCUT2D eigenvalue weighted by Gasteiger charge is 2.16. The summed E-state index contributed by atoms with van der Waals surface area (Å²) in [5, 5.41) is 2.48. The van der Waals surface area contributed by atoms with E-state index in [9.17, 15) is 9.18 Å². The Labute approximate surface area is 98.7 Å². The molecule has 6 heteroatoms. The molecule has 0 heterocycles. The van der Waals surface area contributed by atoms with Crippen LogP contribution in [0.2, 0.25) is 0 Å². The van der Waals surface area contributed by atoms with E-state index in [2.05, 4.69) is 5.32 Å². The lowest BCUT2D eigenvalue weighted by Gasteiger charge is -2.10. The molecule has 1 amide bonds. The molecule has 0 aliphatic carbocycles. The van der Waals surface area contributed by atoms with Crippen LogP contribution in [-0.4, -0.2) is 33.2 Å². The van der Waals surface area contributed by atoms with Gasteiger partial charge in [0, 0.05) is 19.2 Å². The number of ether oxygens (including phenoxy) is 2. The predicted molar refractivity (Wildman–Crippen MR) is 60.9 cm³/mol. The highest BCUT2D eigenvalue weighted by Crippen LogP contribution is 2.29. The molecule has 0 saturated heterocycles. The molecule has 0 aliphatic rings.